The maximum absolute atomic E-state index is 12.4. The van der Waals surface area contributed by atoms with E-state index in [0.717, 1.165) is 0 Å². The number of rotatable bonds is 5. The lowest BCUT2D eigenvalue weighted by Crippen LogP contribution is -2.40. The summed E-state index contributed by atoms with van der Waals surface area (Å²) in [4.78, 5) is 27.6. The number of hydrogen-bond acceptors (Lipinski definition) is 4. The van der Waals surface area contributed by atoms with E-state index in [0.29, 0.717) is 42.1 Å². The Morgan fingerprint density at radius 2 is 2.00 bits per heavy atom. The quantitative estimate of drug-likeness (QED) is 0.648. The Balaban J connectivity index is 2.78. The van der Waals surface area contributed by atoms with Gasteiger partial charge < -0.3 is 14.3 Å². The van der Waals surface area contributed by atoms with Crippen molar-refractivity contribution in [3.8, 4) is 0 Å². The number of hydrogen-bond donors (Lipinski definition) is 1. The molecule has 7 nitrogen and oxygen atoms in total. The molecule has 8 heteroatoms. The highest BCUT2D eigenvalue weighted by molar-refractivity contribution is 7.71. The van der Waals surface area contributed by atoms with E-state index in [1.165, 1.54) is 4.57 Å². The van der Waals surface area contributed by atoms with Crippen LogP contribution in [0.5, 0.6) is 0 Å². The zero-order chi connectivity index (χ0) is 14.9. The van der Waals surface area contributed by atoms with Gasteiger partial charge in [0.2, 0.25) is 0 Å². The average Bonchev–Trinajstić information content (AvgIpc) is 2.70. The summed E-state index contributed by atoms with van der Waals surface area (Å²) < 4.78 is 9.80. The Kier molecular flexibility index (Phi) is 4.24. The first-order chi connectivity index (χ1) is 9.52. The number of aryl methyl sites for hydroxylation is 2. The van der Waals surface area contributed by atoms with Crippen molar-refractivity contribution in [2.45, 2.75) is 26.4 Å². The van der Waals surface area contributed by atoms with Crippen molar-refractivity contribution in [2.24, 2.45) is 7.05 Å². The topological polar surface area (TPSA) is 73.9 Å². The number of H-pyrrole nitrogens is 1. The van der Waals surface area contributed by atoms with Gasteiger partial charge in [-0.3, -0.25) is 13.9 Å². The van der Waals surface area contributed by atoms with Gasteiger partial charge in [0.05, 0.1) is 0 Å². The first-order valence-corrected chi connectivity index (χ1v) is 6.85. The minimum absolute atomic E-state index is 0.314. The van der Waals surface area contributed by atoms with Crippen molar-refractivity contribution in [3.05, 3.63) is 25.6 Å². The summed E-state index contributed by atoms with van der Waals surface area (Å²) in [6.45, 7) is 3.12. The van der Waals surface area contributed by atoms with Crippen LogP contribution in [0.25, 0.3) is 11.2 Å². The normalized spacial score (nSPS) is 11.3. The molecule has 0 aromatic carbocycles. The van der Waals surface area contributed by atoms with Crippen LogP contribution in [-0.2, 0) is 24.9 Å². The Labute approximate surface area is 120 Å². The first-order valence-electron chi connectivity index (χ1n) is 6.44. The van der Waals surface area contributed by atoms with Gasteiger partial charge in [-0.2, -0.15) is 0 Å². The Morgan fingerprint density at radius 1 is 1.30 bits per heavy atom. The number of aromatic amines is 1. The predicted molar refractivity (Wildman–Crippen MR) is 78.8 cm³/mol. The van der Waals surface area contributed by atoms with Crippen molar-refractivity contribution in [1.82, 2.24) is 18.7 Å². The zero-order valence-corrected chi connectivity index (χ0v) is 12.6. The third-order valence-electron chi connectivity index (χ3n) is 3.32. The molecule has 0 aliphatic rings. The lowest BCUT2D eigenvalue weighted by atomic mass is 10.4. The van der Waals surface area contributed by atoms with Crippen molar-refractivity contribution < 1.29 is 4.74 Å². The summed E-state index contributed by atoms with van der Waals surface area (Å²) in [6, 6.07) is 0. The Morgan fingerprint density at radius 3 is 2.60 bits per heavy atom. The average molecular weight is 298 g/mol. The highest BCUT2D eigenvalue weighted by atomic mass is 32.1. The van der Waals surface area contributed by atoms with Crippen molar-refractivity contribution in [3.63, 3.8) is 0 Å². The number of nitrogens with one attached hydrogen (secondary N) is 1. The van der Waals surface area contributed by atoms with E-state index in [1.807, 2.05) is 0 Å². The maximum Gasteiger partial charge on any atom is 0.332 e. The molecule has 0 bridgehead atoms. The molecule has 0 spiro atoms. The third-order valence-corrected chi connectivity index (χ3v) is 3.69. The number of ether oxygens (including phenoxy) is 1. The minimum Gasteiger partial charge on any atom is -0.385 e. The second kappa shape index (κ2) is 5.76. The molecule has 0 unspecified atom stereocenters. The summed E-state index contributed by atoms with van der Waals surface area (Å²) in [5.74, 6) is 0. The van der Waals surface area contributed by atoms with Crippen LogP contribution in [0, 0.1) is 4.77 Å². The molecule has 0 atom stereocenters. The summed E-state index contributed by atoms with van der Waals surface area (Å²) in [5, 5.41) is 0. The van der Waals surface area contributed by atoms with E-state index in [9.17, 15) is 9.59 Å². The fourth-order valence-corrected chi connectivity index (χ4v) is 2.44. The van der Waals surface area contributed by atoms with Crippen LogP contribution in [0.1, 0.15) is 13.3 Å². The highest BCUT2D eigenvalue weighted by Gasteiger charge is 2.15. The summed E-state index contributed by atoms with van der Waals surface area (Å²) in [5.41, 5.74) is 0.269. The fourth-order valence-electron chi connectivity index (χ4n) is 2.25. The van der Waals surface area contributed by atoms with E-state index in [4.69, 9.17) is 17.0 Å². The van der Waals surface area contributed by atoms with Gasteiger partial charge in [-0.1, -0.05) is 0 Å². The van der Waals surface area contributed by atoms with Crippen molar-refractivity contribution in [2.75, 3.05) is 13.7 Å². The molecular formula is C12H18N4O3S. The predicted octanol–water partition coefficient (Wildman–Crippen LogP) is 0.616. The van der Waals surface area contributed by atoms with E-state index in [2.05, 4.69) is 4.98 Å². The van der Waals surface area contributed by atoms with Gasteiger partial charge >= 0.3 is 5.69 Å². The molecule has 0 amide bonds. The summed E-state index contributed by atoms with van der Waals surface area (Å²) in [6.07, 6.45) is 0.683. The standard InChI is InChI=1S/C12H18N4O3S/c1-4-15-10(17)8-9(13-11(20)14(8)2)16(12(15)18)6-5-7-19-3/h4-7H2,1-3H3,(H,13,20). The van der Waals surface area contributed by atoms with Crippen LogP contribution in [-0.4, -0.2) is 32.4 Å². The van der Waals surface area contributed by atoms with Crippen molar-refractivity contribution in [1.29, 1.82) is 0 Å². The molecule has 0 aliphatic heterocycles. The van der Waals surface area contributed by atoms with Gasteiger partial charge in [0.25, 0.3) is 5.56 Å². The lowest BCUT2D eigenvalue weighted by molar-refractivity contribution is 0.190. The van der Waals surface area contributed by atoms with Crippen LogP contribution in [0.3, 0.4) is 0 Å². The molecular weight excluding hydrogens is 280 g/mol. The molecule has 0 fully saturated rings. The molecule has 0 saturated carbocycles. The molecule has 20 heavy (non-hydrogen) atoms. The molecule has 2 aromatic heterocycles. The summed E-state index contributed by atoms with van der Waals surface area (Å²) >= 11 is 5.15. The number of aromatic nitrogens is 4. The molecule has 0 aliphatic carbocycles. The van der Waals surface area contributed by atoms with Gasteiger partial charge in [0.15, 0.2) is 10.3 Å². The van der Waals surface area contributed by atoms with Gasteiger partial charge in [-0.25, -0.2) is 4.79 Å². The molecule has 2 heterocycles. The van der Waals surface area contributed by atoms with Crippen molar-refractivity contribution >= 4 is 23.4 Å². The molecule has 2 rings (SSSR count). The van der Waals surface area contributed by atoms with Crippen LogP contribution in [0.2, 0.25) is 0 Å². The monoisotopic (exact) mass is 298 g/mol. The van der Waals surface area contributed by atoms with Crippen LogP contribution >= 0.6 is 12.2 Å². The number of fused-ring (bicyclic) bond motifs is 1. The van der Waals surface area contributed by atoms with E-state index in [-0.39, 0.29) is 11.2 Å². The van der Waals surface area contributed by atoms with Crippen LogP contribution in [0.15, 0.2) is 9.59 Å². The van der Waals surface area contributed by atoms with Gasteiger partial charge in [0.1, 0.15) is 5.65 Å². The molecule has 2 aromatic rings. The van der Waals surface area contributed by atoms with Gasteiger partial charge in [0, 0.05) is 33.9 Å². The second-order valence-corrected chi connectivity index (χ2v) is 4.90. The van der Waals surface area contributed by atoms with Crippen LogP contribution in [0.4, 0.5) is 0 Å². The van der Waals surface area contributed by atoms with Gasteiger partial charge in [-0.05, 0) is 25.6 Å². The lowest BCUT2D eigenvalue weighted by Gasteiger charge is -2.10. The minimum atomic E-state index is -0.321. The number of methoxy groups -OCH3 is 1. The molecule has 0 radical (unpaired) electrons. The second-order valence-electron chi connectivity index (χ2n) is 4.52. The van der Waals surface area contributed by atoms with E-state index in [1.54, 1.807) is 30.2 Å². The van der Waals surface area contributed by atoms with E-state index < -0.39 is 0 Å². The molecule has 0 saturated heterocycles. The fraction of sp³-hybridized carbons (Fsp3) is 0.583. The van der Waals surface area contributed by atoms with E-state index >= 15 is 0 Å². The highest BCUT2D eigenvalue weighted by Crippen LogP contribution is 2.07. The first kappa shape index (κ1) is 14.7. The van der Waals surface area contributed by atoms with Crippen LogP contribution < -0.4 is 11.2 Å². The number of nitrogens with zero attached hydrogens (tertiary/aromatic N) is 3. The SMILES string of the molecule is CCn1c(=O)c2c([nH]c(=S)n2C)n(CCCOC)c1=O. The maximum atomic E-state index is 12.4. The van der Waals surface area contributed by atoms with Gasteiger partial charge in [-0.15, -0.1) is 0 Å². The molecule has 110 valence electrons. The summed E-state index contributed by atoms with van der Waals surface area (Å²) in [7, 11) is 3.33. The smallest absolute Gasteiger partial charge is 0.332 e. The zero-order valence-electron chi connectivity index (χ0n) is 11.8. The largest absolute Gasteiger partial charge is 0.385 e. The molecule has 1 N–H and O–H groups in total. The Hall–Kier alpha value is -1.67. The Bertz CT molecular complexity index is 796. The third kappa shape index (κ3) is 2.25. The number of imidazole rings is 1.